The Labute approximate surface area is 185 Å². The second-order valence-corrected chi connectivity index (χ2v) is 7.43. The number of esters is 1. The Hall–Kier alpha value is -2.83. The van der Waals surface area contributed by atoms with Gasteiger partial charge in [0.05, 0.1) is 18.2 Å². The summed E-state index contributed by atoms with van der Waals surface area (Å²) in [6.45, 7) is 1.76. The molecule has 0 spiro atoms. The van der Waals surface area contributed by atoms with Crippen LogP contribution in [0.4, 0.5) is 26.3 Å². The van der Waals surface area contributed by atoms with E-state index in [1.54, 1.807) is 23.5 Å². The molecule has 33 heavy (non-hydrogen) atoms. The molecule has 0 radical (unpaired) electrons. The molecule has 1 N–H and O–H groups in total. The van der Waals surface area contributed by atoms with Gasteiger partial charge in [0.15, 0.2) is 0 Å². The fraction of sp³-hybridized carbons (Fsp3) is 0.550. The van der Waals surface area contributed by atoms with Crippen LogP contribution in [0.2, 0.25) is 0 Å². The van der Waals surface area contributed by atoms with Crippen molar-refractivity contribution in [2.45, 2.75) is 63.5 Å². The average Bonchev–Trinajstić information content (AvgIpc) is 2.71. The lowest BCUT2D eigenvalue weighted by Crippen LogP contribution is -2.56. The van der Waals surface area contributed by atoms with Gasteiger partial charge in [-0.3, -0.25) is 14.4 Å². The number of rotatable bonds is 6. The lowest BCUT2D eigenvalue weighted by molar-refractivity contribution is -0.219. The number of alkyl halides is 6. The first-order chi connectivity index (χ1) is 15.2. The highest BCUT2D eigenvalue weighted by Gasteiger charge is 2.47. The fourth-order valence-corrected chi connectivity index (χ4v) is 3.36. The number of hydrogen-bond acceptors (Lipinski definition) is 5. The second-order valence-electron chi connectivity index (χ2n) is 7.43. The maximum Gasteiger partial charge on any atom is 0.471 e. The molecule has 2 rings (SSSR count). The molecule has 1 heterocycles. The number of nitrogens with zero attached hydrogens (tertiary/aromatic N) is 1. The highest BCUT2D eigenvalue weighted by atomic mass is 19.4. The minimum Gasteiger partial charge on any atom is -0.434 e. The zero-order valence-electron chi connectivity index (χ0n) is 17.6. The van der Waals surface area contributed by atoms with Crippen molar-refractivity contribution in [3.05, 3.63) is 35.9 Å². The number of ether oxygens (including phenoxy) is 2. The van der Waals surface area contributed by atoms with Crippen LogP contribution in [0, 0.1) is 0 Å². The molecule has 1 fully saturated rings. The van der Waals surface area contributed by atoms with Gasteiger partial charge in [-0.15, -0.1) is 0 Å². The van der Waals surface area contributed by atoms with Crippen LogP contribution in [0.3, 0.4) is 0 Å². The number of halogens is 6. The Morgan fingerprint density at radius 2 is 1.70 bits per heavy atom. The minimum absolute atomic E-state index is 0.107. The van der Waals surface area contributed by atoms with Gasteiger partial charge in [0.1, 0.15) is 0 Å². The van der Waals surface area contributed by atoms with Crippen LogP contribution < -0.4 is 5.32 Å². The standard InChI is InChI=1S/C20H22F6N2O5/c1-11(13-6-4-3-5-7-13)28(18(31)20(24,25)26)10-14-8-9-15(16(33-14)32-12(2)29)27-17(30)19(21,22)23/h3-7,11,14-16H,8-10H2,1-2H3,(H,27,30)/t11-,14+,15-,16-/m1/s1. The van der Waals surface area contributed by atoms with E-state index in [0.29, 0.717) is 10.5 Å². The van der Waals surface area contributed by atoms with E-state index < -0.39 is 61.2 Å². The van der Waals surface area contributed by atoms with E-state index in [4.69, 9.17) is 9.47 Å². The molecule has 184 valence electrons. The Balaban J connectivity index is 2.21. The van der Waals surface area contributed by atoms with Gasteiger partial charge in [-0.05, 0) is 25.3 Å². The van der Waals surface area contributed by atoms with Crippen molar-refractivity contribution in [2.24, 2.45) is 0 Å². The highest BCUT2D eigenvalue weighted by Crippen LogP contribution is 2.30. The van der Waals surface area contributed by atoms with Crippen LogP contribution in [0.1, 0.15) is 38.3 Å². The van der Waals surface area contributed by atoms with Gasteiger partial charge >= 0.3 is 30.1 Å². The quantitative estimate of drug-likeness (QED) is 0.495. The predicted octanol–water partition coefficient (Wildman–Crippen LogP) is 3.25. The molecule has 0 unspecified atom stereocenters. The maximum atomic E-state index is 13.2. The summed E-state index contributed by atoms with van der Waals surface area (Å²) in [5.41, 5.74) is 0.415. The molecule has 0 aliphatic carbocycles. The summed E-state index contributed by atoms with van der Waals surface area (Å²) in [5.74, 6) is -5.34. The first kappa shape index (κ1) is 26.4. The van der Waals surface area contributed by atoms with E-state index in [1.165, 1.54) is 19.1 Å². The number of amides is 2. The number of nitrogens with one attached hydrogen (secondary N) is 1. The molecule has 1 saturated heterocycles. The van der Waals surface area contributed by atoms with Crippen LogP contribution in [-0.2, 0) is 23.9 Å². The average molecular weight is 484 g/mol. The van der Waals surface area contributed by atoms with Crippen molar-refractivity contribution in [3.8, 4) is 0 Å². The van der Waals surface area contributed by atoms with E-state index in [1.807, 2.05) is 0 Å². The molecule has 1 aromatic carbocycles. The summed E-state index contributed by atoms with van der Waals surface area (Å²) >= 11 is 0. The van der Waals surface area contributed by atoms with E-state index in [2.05, 4.69) is 0 Å². The van der Waals surface area contributed by atoms with E-state index in [-0.39, 0.29) is 12.8 Å². The van der Waals surface area contributed by atoms with Crippen molar-refractivity contribution in [3.63, 3.8) is 0 Å². The largest absolute Gasteiger partial charge is 0.471 e. The zero-order valence-corrected chi connectivity index (χ0v) is 17.6. The first-order valence-electron chi connectivity index (χ1n) is 9.83. The zero-order chi connectivity index (χ0) is 25.0. The summed E-state index contributed by atoms with van der Waals surface area (Å²) in [6, 6.07) is 5.50. The summed E-state index contributed by atoms with van der Waals surface area (Å²) < 4.78 is 87.7. The Morgan fingerprint density at radius 1 is 1.09 bits per heavy atom. The molecule has 0 saturated carbocycles. The Bertz CT molecular complexity index is 846. The van der Waals surface area contributed by atoms with E-state index >= 15 is 0 Å². The summed E-state index contributed by atoms with van der Waals surface area (Å²) in [5, 5.41) is 1.66. The van der Waals surface area contributed by atoms with Gasteiger partial charge in [-0.2, -0.15) is 26.3 Å². The number of carbonyl (C=O) groups is 3. The van der Waals surface area contributed by atoms with Gasteiger partial charge in [-0.25, -0.2) is 0 Å². The van der Waals surface area contributed by atoms with Gasteiger partial charge in [0.2, 0.25) is 6.29 Å². The molecule has 2 amide bonds. The molecule has 0 aromatic heterocycles. The monoisotopic (exact) mass is 484 g/mol. The predicted molar refractivity (Wildman–Crippen MR) is 100 cm³/mol. The molecule has 7 nitrogen and oxygen atoms in total. The van der Waals surface area contributed by atoms with Crippen LogP contribution in [-0.4, -0.2) is 60.0 Å². The third-order valence-corrected chi connectivity index (χ3v) is 4.96. The van der Waals surface area contributed by atoms with Crippen molar-refractivity contribution in [1.82, 2.24) is 10.2 Å². The minimum atomic E-state index is -5.20. The fourth-order valence-electron chi connectivity index (χ4n) is 3.36. The molecular formula is C20H22F6N2O5. The highest BCUT2D eigenvalue weighted by molar-refractivity contribution is 5.82. The van der Waals surface area contributed by atoms with E-state index in [9.17, 15) is 40.7 Å². The van der Waals surface area contributed by atoms with Crippen LogP contribution >= 0.6 is 0 Å². The first-order valence-corrected chi connectivity index (χ1v) is 9.83. The van der Waals surface area contributed by atoms with Crippen molar-refractivity contribution >= 4 is 17.8 Å². The van der Waals surface area contributed by atoms with Gasteiger partial charge in [0, 0.05) is 13.5 Å². The third kappa shape index (κ3) is 7.34. The smallest absolute Gasteiger partial charge is 0.434 e. The number of benzene rings is 1. The van der Waals surface area contributed by atoms with Crippen LogP contribution in [0.25, 0.3) is 0 Å². The maximum absolute atomic E-state index is 13.2. The van der Waals surface area contributed by atoms with Gasteiger partial charge < -0.3 is 19.7 Å². The molecule has 1 aliphatic heterocycles. The molecule has 1 aliphatic rings. The molecule has 1 aromatic rings. The molecule has 0 bridgehead atoms. The molecular weight excluding hydrogens is 462 g/mol. The lowest BCUT2D eigenvalue weighted by atomic mass is 10.0. The molecule has 4 atom stereocenters. The van der Waals surface area contributed by atoms with Crippen molar-refractivity contribution in [1.29, 1.82) is 0 Å². The third-order valence-electron chi connectivity index (χ3n) is 4.96. The summed E-state index contributed by atoms with van der Waals surface area (Å²) in [4.78, 5) is 35.3. The van der Waals surface area contributed by atoms with Crippen molar-refractivity contribution in [2.75, 3.05) is 6.54 Å². The van der Waals surface area contributed by atoms with E-state index in [0.717, 1.165) is 6.92 Å². The number of hydrogen-bond donors (Lipinski definition) is 1. The summed E-state index contributed by atoms with van der Waals surface area (Å²) in [6.07, 6.45) is -13.5. The topological polar surface area (TPSA) is 84.9 Å². The van der Waals surface area contributed by atoms with Gasteiger partial charge in [-0.1, -0.05) is 30.3 Å². The SMILES string of the molecule is CC(=O)O[C@@H]1O[C@H](CN(C(=O)C(F)(F)F)[C@H](C)c2ccccc2)CC[C@H]1NC(=O)C(F)(F)F. The Kier molecular flexibility index (Phi) is 8.33. The molecule has 13 heteroatoms. The van der Waals surface area contributed by atoms with Crippen LogP contribution in [0.5, 0.6) is 0 Å². The van der Waals surface area contributed by atoms with Crippen molar-refractivity contribution < 1.29 is 50.2 Å². The second kappa shape index (κ2) is 10.4. The van der Waals surface area contributed by atoms with Crippen LogP contribution in [0.15, 0.2) is 30.3 Å². The normalized spacial score (nSPS) is 22.2. The van der Waals surface area contributed by atoms with Gasteiger partial charge in [0.25, 0.3) is 0 Å². The lowest BCUT2D eigenvalue weighted by Gasteiger charge is -2.39. The Morgan fingerprint density at radius 3 is 2.21 bits per heavy atom. The summed E-state index contributed by atoms with van der Waals surface area (Å²) in [7, 11) is 0. The number of carbonyl (C=O) groups excluding carboxylic acids is 3.